The minimum absolute atomic E-state index is 0.130. The zero-order chi connectivity index (χ0) is 21.3. The summed E-state index contributed by atoms with van der Waals surface area (Å²) in [5.41, 5.74) is 3.53. The average molecular weight is 420 g/mol. The van der Waals surface area contributed by atoms with Crippen molar-refractivity contribution in [2.24, 2.45) is 0 Å². The molecule has 0 aliphatic rings. The average Bonchev–Trinajstić information content (AvgIpc) is 3.17. The van der Waals surface area contributed by atoms with E-state index in [4.69, 9.17) is 0 Å². The number of fused-ring (bicyclic) bond motifs is 3. The maximum atomic E-state index is 12.8. The summed E-state index contributed by atoms with van der Waals surface area (Å²) in [5.74, 6) is 0.466. The first-order valence-corrected chi connectivity index (χ1v) is 10.5. The van der Waals surface area contributed by atoms with Crippen molar-refractivity contribution in [1.82, 2.24) is 19.2 Å². The van der Waals surface area contributed by atoms with E-state index in [9.17, 15) is 9.59 Å². The fourth-order valence-electron chi connectivity index (χ4n) is 3.32. The van der Waals surface area contributed by atoms with Crippen LogP contribution in [0.4, 0.5) is 5.69 Å². The number of nitrogens with zero attached hydrogens (tertiary/aromatic N) is 4. The number of aryl methyl sites for hydroxylation is 1. The molecule has 0 aliphatic heterocycles. The van der Waals surface area contributed by atoms with Crippen molar-refractivity contribution < 1.29 is 4.79 Å². The van der Waals surface area contributed by atoms with Gasteiger partial charge >= 0.3 is 0 Å². The predicted octanol–water partition coefficient (Wildman–Crippen LogP) is 3.58. The zero-order valence-corrected chi connectivity index (χ0v) is 17.6. The van der Waals surface area contributed by atoms with Crippen LogP contribution in [0.2, 0.25) is 0 Å². The van der Waals surface area contributed by atoms with Gasteiger partial charge < -0.3 is 5.32 Å². The summed E-state index contributed by atoms with van der Waals surface area (Å²) in [6, 6.07) is 13.1. The molecule has 1 N–H and O–H groups in total. The molecule has 0 saturated heterocycles. The Bertz CT molecular complexity index is 1340. The molecule has 0 radical (unpaired) electrons. The molecule has 4 rings (SSSR count). The maximum absolute atomic E-state index is 12.8. The van der Waals surface area contributed by atoms with Gasteiger partial charge in [-0.3, -0.25) is 18.6 Å². The Hall–Kier alpha value is -3.39. The third-order valence-electron chi connectivity index (χ3n) is 5.00. The van der Waals surface area contributed by atoms with Crippen molar-refractivity contribution in [3.63, 3.8) is 0 Å². The lowest BCUT2D eigenvalue weighted by Gasteiger charge is -2.11. The third kappa shape index (κ3) is 3.50. The second kappa shape index (κ2) is 8.16. The summed E-state index contributed by atoms with van der Waals surface area (Å²) in [5, 5.41) is 12.5. The fraction of sp³-hybridized carbons (Fsp3) is 0.182. The molecular formula is C22H21N5O2S. The van der Waals surface area contributed by atoms with Crippen LogP contribution in [0.15, 0.2) is 65.1 Å². The zero-order valence-electron chi connectivity index (χ0n) is 16.8. The molecule has 0 fully saturated rings. The summed E-state index contributed by atoms with van der Waals surface area (Å²) < 4.78 is 3.35. The normalized spacial score (nSPS) is 11.1. The Morgan fingerprint density at radius 1 is 1.17 bits per heavy atom. The number of hydrogen-bond acceptors (Lipinski definition) is 5. The van der Waals surface area contributed by atoms with Crippen molar-refractivity contribution in [3.8, 4) is 0 Å². The number of hydrogen-bond donors (Lipinski definition) is 1. The molecule has 0 saturated carbocycles. The van der Waals surface area contributed by atoms with Crippen LogP contribution in [0.5, 0.6) is 0 Å². The summed E-state index contributed by atoms with van der Waals surface area (Å²) in [6.07, 6.45) is 1.65. The van der Waals surface area contributed by atoms with E-state index in [1.807, 2.05) is 54.6 Å². The quantitative estimate of drug-likeness (QED) is 0.382. The molecule has 2 heterocycles. The molecule has 7 nitrogen and oxygen atoms in total. The standard InChI is InChI=1S/C22H21N5O2S/c1-4-12-26-20(29)16-9-5-6-11-18(16)27-21(26)24-25-22(27)30-13-19(28)23-17-10-7-8-14(2)15(17)3/h4-11H,1,12-13H2,2-3H3,(H,23,28). The molecule has 30 heavy (non-hydrogen) atoms. The molecule has 2 aromatic carbocycles. The molecular weight excluding hydrogens is 398 g/mol. The van der Waals surface area contributed by atoms with Crippen LogP contribution in [-0.4, -0.2) is 30.8 Å². The highest BCUT2D eigenvalue weighted by molar-refractivity contribution is 7.99. The van der Waals surface area contributed by atoms with Crippen molar-refractivity contribution in [1.29, 1.82) is 0 Å². The van der Waals surface area contributed by atoms with Gasteiger partial charge in [0, 0.05) is 12.2 Å². The number of amides is 1. The first kappa shape index (κ1) is 19.9. The first-order chi connectivity index (χ1) is 14.5. The van der Waals surface area contributed by atoms with E-state index in [0.29, 0.717) is 28.4 Å². The summed E-state index contributed by atoms with van der Waals surface area (Å²) in [7, 11) is 0. The van der Waals surface area contributed by atoms with Gasteiger partial charge in [-0.05, 0) is 43.2 Å². The lowest BCUT2D eigenvalue weighted by molar-refractivity contribution is -0.113. The van der Waals surface area contributed by atoms with Gasteiger partial charge in [0.2, 0.25) is 11.7 Å². The highest BCUT2D eigenvalue weighted by Gasteiger charge is 2.17. The number of rotatable bonds is 6. The van der Waals surface area contributed by atoms with Gasteiger partial charge in [-0.25, -0.2) is 0 Å². The number of para-hydroxylation sites is 1. The Morgan fingerprint density at radius 3 is 2.77 bits per heavy atom. The largest absolute Gasteiger partial charge is 0.325 e. The third-order valence-corrected chi connectivity index (χ3v) is 5.93. The Kier molecular flexibility index (Phi) is 5.41. The SMILES string of the molecule is C=CCn1c(=O)c2ccccc2n2c(SCC(=O)Nc3cccc(C)c3C)nnc12. The van der Waals surface area contributed by atoms with Gasteiger partial charge in [-0.1, -0.05) is 42.1 Å². The minimum Gasteiger partial charge on any atom is -0.325 e. The number of thioether (sulfide) groups is 1. The Labute approximate surface area is 177 Å². The summed E-state index contributed by atoms with van der Waals surface area (Å²) >= 11 is 1.28. The molecule has 4 aromatic rings. The van der Waals surface area contributed by atoms with E-state index in [1.165, 1.54) is 16.3 Å². The number of aromatic nitrogens is 4. The van der Waals surface area contributed by atoms with Crippen molar-refractivity contribution >= 4 is 40.0 Å². The maximum Gasteiger partial charge on any atom is 0.263 e. The molecule has 152 valence electrons. The van der Waals surface area contributed by atoms with E-state index < -0.39 is 0 Å². The Morgan fingerprint density at radius 2 is 1.97 bits per heavy atom. The van der Waals surface area contributed by atoms with E-state index in [-0.39, 0.29) is 17.2 Å². The summed E-state index contributed by atoms with van der Waals surface area (Å²) in [6.45, 7) is 8.04. The molecule has 2 aromatic heterocycles. The molecule has 0 aliphatic carbocycles. The molecule has 0 spiro atoms. The lowest BCUT2D eigenvalue weighted by Crippen LogP contribution is -2.22. The lowest BCUT2D eigenvalue weighted by atomic mass is 10.1. The van der Waals surface area contributed by atoms with E-state index in [2.05, 4.69) is 22.1 Å². The van der Waals surface area contributed by atoms with Crippen LogP contribution in [0, 0.1) is 13.8 Å². The number of nitrogens with one attached hydrogen (secondary N) is 1. The van der Waals surface area contributed by atoms with Gasteiger partial charge in [0.1, 0.15) is 0 Å². The van der Waals surface area contributed by atoms with E-state index in [1.54, 1.807) is 12.1 Å². The van der Waals surface area contributed by atoms with Crippen LogP contribution < -0.4 is 10.9 Å². The smallest absolute Gasteiger partial charge is 0.263 e. The second-order valence-electron chi connectivity index (χ2n) is 6.92. The fourth-order valence-corrected chi connectivity index (χ4v) is 4.06. The van der Waals surface area contributed by atoms with Gasteiger partial charge in [0.15, 0.2) is 5.16 Å². The van der Waals surface area contributed by atoms with Crippen LogP contribution in [0.1, 0.15) is 11.1 Å². The number of benzene rings is 2. The second-order valence-corrected chi connectivity index (χ2v) is 7.87. The number of anilines is 1. The van der Waals surface area contributed by atoms with E-state index >= 15 is 0 Å². The minimum atomic E-state index is -0.144. The van der Waals surface area contributed by atoms with Gasteiger partial charge in [0.05, 0.1) is 16.7 Å². The van der Waals surface area contributed by atoms with Gasteiger partial charge in [-0.15, -0.1) is 16.8 Å². The number of carbonyl (C=O) groups is 1. The topological polar surface area (TPSA) is 81.3 Å². The molecule has 8 heteroatoms. The monoisotopic (exact) mass is 419 g/mol. The van der Waals surface area contributed by atoms with Crippen LogP contribution in [0.25, 0.3) is 16.7 Å². The number of allylic oxidation sites excluding steroid dienone is 1. The Balaban J connectivity index is 1.67. The molecule has 0 atom stereocenters. The van der Waals surface area contributed by atoms with Crippen LogP contribution >= 0.6 is 11.8 Å². The molecule has 0 unspecified atom stereocenters. The summed E-state index contributed by atoms with van der Waals surface area (Å²) in [4.78, 5) is 25.4. The molecule has 0 bridgehead atoms. The van der Waals surface area contributed by atoms with Crippen molar-refractivity contribution in [3.05, 3.63) is 76.6 Å². The van der Waals surface area contributed by atoms with E-state index in [0.717, 1.165) is 16.8 Å². The highest BCUT2D eigenvalue weighted by atomic mass is 32.2. The predicted molar refractivity (Wildman–Crippen MR) is 120 cm³/mol. The van der Waals surface area contributed by atoms with Gasteiger partial charge in [-0.2, -0.15) is 0 Å². The first-order valence-electron chi connectivity index (χ1n) is 9.47. The van der Waals surface area contributed by atoms with Crippen molar-refractivity contribution in [2.45, 2.75) is 25.5 Å². The van der Waals surface area contributed by atoms with Crippen LogP contribution in [-0.2, 0) is 11.3 Å². The van der Waals surface area contributed by atoms with Crippen molar-refractivity contribution in [2.75, 3.05) is 11.1 Å². The number of carbonyl (C=O) groups excluding carboxylic acids is 1. The highest BCUT2D eigenvalue weighted by Crippen LogP contribution is 2.23. The van der Waals surface area contributed by atoms with Crippen LogP contribution in [0.3, 0.4) is 0 Å². The molecule has 1 amide bonds. The van der Waals surface area contributed by atoms with Gasteiger partial charge in [0.25, 0.3) is 5.56 Å².